The Bertz CT molecular complexity index is 969. The highest BCUT2D eigenvalue weighted by atomic mass is 32.2. The van der Waals surface area contributed by atoms with Crippen molar-refractivity contribution in [2.45, 2.75) is 18.4 Å². The van der Waals surface area contributed by atoms with Crippen LogP contribution in [0.15, 0.2) is 53.4 Å². The normalized spacial score (nSPS) is 13.5. The Morgan fingerprint density at radius 3 is 2.61 bits per heavy atom. The van der Waals surface area contributed by atoms with Crippen LogP contribution in [0, 0.1) is 0 Å². The van der Waals surface area contributed by atoms with Gasteiger partial charge in [0.15, 0.2) is 11.5 Å². The van der Waals surface area contributed by atoms with Crippen molar-refractivity contribution in [3.63, 3.8) is 0 Å². The van der Waals surface area contributed by atoms with Gasteiger partial charge in [-0.05, 0) is 29.8 Å². The molecule has 0 radical (unpaired) electrons. The van der Waals surface area contributed by atoms with Crippen LogP contribution >= 0.6 is 0 Å². The molecule has 0 aromatic heterocycles. The first kappa shape index (κ1) is 19.9. The molecule has 148 valence electrons. The van der Waals surface area contributed by atoms with Crippen molar-refractivity contribution in [1.82, 2.24) is 10.0 Å². The molecule has 2 N–H and O–H groups in total. The Morgan fingerprint density at radius 1 is 1.11 bits per heavy atom. The van der Waals surface area contributed by atoms with Crippen molar-refractivity contribution in [3.05, 3.63) is 59.7 Å². The molecule has 2 aromatic carbocycles. The van der Waals surface area contributed by atoms with Gasteiger partial charge in [0.2, 0.25) is 15.9 Å². The third-order valence-corrected chi connectivity index (χ3v) is 5.61. The van der Waals surface area contributed by atoms with E-state index in [2.05, 4.69) is 10.0 Å². The molecular formula is C20H22N2O5S. The first-order chi connectivity index (χ1) is 13.5. The van der Waals surface area contributed by atoms with Crippen molar-refractivity contribution in [3.8, 4) is 11.5 Å². The maximum absolute atomic E-state index is 12.1. The molecule has 0 fully saturated rings. The summed E-state index contributed by atoms with van der Waals surface area (Å²) in [6, 6.07) is 11.9. The topological polar surface area (TPSA) is 93.7 Å². The van der Waals surface area contributed by atoms with Crippen LogP contribution in [0.2, 0.25) is 0 Å². The van der Waals surface area contributed by atoms with Gasteiger partial charge in [-0.1, -0.05) is 31.2 Å². The molecule has 7 nitrogen and oxygen atoms in total. The summed E-state index contributed by atoms with van der Waals surface area (Å²) in [5, 5.41) is 2.80. The third-order valence-electron chi connectivity index (χ3n) is 4.05. The number of hydrogen-bond acceptors (Lipinski definition) is 5. The van der Waals surface area contributed by atoms with Crippen LogP contribution in [0.5, 0.6) is 11.5 Å². The Kier molecular flexibility index (Phi) is 6.33. The van der Waals surface area contributed by atoms with Crippen LogP contribution in [-0.2, 0) is 21.4 Å². The number of fused-ring (bicyclic) bond motifs is 1. The zero-order valence-electron chi connectivity index (χ0n) is 15.5. The number of carbonyl (C=O) groups excluding carboxylic acids is 1. The molecule has 0 aliphatic carbocycles. The number of nitrogens with one attached hydrogen (secondary N) is 2. The molecule has 0 spiro atoms. The average molecular weight is 402 g/mol. The fourth-order valence-corrected chi connectivity index (χ4v) is 3.76. The van der Waals surface area contributed by atoms with Crippen LogP contribution in [0.25, 0.3) is 6.08 Å². The molecule has 8 heteroatoms. The lowest BCUT2D eigenvalue weighted by Crippen LogP contribution is -2.23. The fraction of sp³-hybridized carbons (Fsp3) is 0.250. The van der Waals surface area contributed by atoms with Crippen LogP contribution in [0.3, 0.4) is 0 Å². The fourth-order valence-electron chi connectivity index (χ4n) is 2.72. The average Bonchev–Trinajstić information content (AvgIpc) is 2.71. The first-order valence-electron chi connectivity index (χ1n) is 8.93. The van der Waals surface area contributed by atoms with Gasteiger partial charge in [-0.3, -0.25) is 4.79 Å². The maximum atomic E-state index is 12.1. The van der Waals surface area contributed by atoms with E-state index in [-0.39, 0.29) is 10.8 Å². The van der Waals surface area contributed by atoms with Gasteiger partial charge in [-0.2, -0.15) is 0 Å². The highest BCUT2D eigenvalue weighted by Gasteiger charge is 2.15. The van der Waals surface area contributed by atoms with Crippen LogP contribution in [-0.4, -0.2) is 34.1 Å². The molecule has 0 saturated heterocycles. The molecule has 1 heterocycles. The Morgan fingerprint density at radius 2 is 1.86 bits per heavy atom. The van der Waals surface area contributed by atoms with Crippen LogP contribution < -0.4 is 19.5 Å². The predicted molar refractivity (Wildman–Crippen MR) is 106 cm³/mol. The van der Waals surface area contributed by atoms with E-state index in [1.165, 1.54) is 18.2 Å². The molecule has 1 aliphatic heterocycles. The zero-order valence-corrected chi connectivity index (χ0v) is 16.3. The highest BCUT2D eigenvalue weighted by Crippen LogP contribution is 2.33. The van der Waals surface area contributed by atoms with E-state index in [4.69, 9.17) is 9.47 Å². The number of amides is 1. The molecule has 1 amide bonds. The second kappa shape index (κ2) is 8.90. The van der Waals surface area contributed by atoms with Crippen LogP contribution in [0.1, 0.15) is 18.1 Å². The third kappa shape index (κ3) is 4.90. The summed E-state index contributed by atoms with van der Waals surface area (Å²) in [6.45, 7) is 3.36. The Labute approximate surface area is 164 Å². The van der Waals surface area contributed by atoms with Crippen LogP contribution in [0.4, 0.5) is 0 Å². The summed E-state index contributed by atoms with van der Waals surface area (Å²) in [7, 11) is -3.48. The summed E-state index contributed by atoms with van der Waals surface area (Å²) < 4.78 is 37.4. The lowest BCUT2D eigenvalue weighted by molar-refractivity contribution is -0.116. The molecule has 28 heavy (non-hydrogen) atoms. The number of ether oxygens (including phenoxy) is 2. The predicted octanol–water partition coefficient (Wildman–Crippen LogP) is 2.09. The summed E-state index contributed by atoms with van der Waals surface area (Å²) in [4.78, 5) is 12.3. The number of hydrogen-bond donors (Lipinski definition) is 2. The van der Waals surface area contributed by atoms with E-state index >= 15 is 0 Å². The largest absolute Gasteiger partial charge is 0.486 e. The minimum absolute atomic E-state index is 0.187. The molecule has 2 aromatic rings. The molecule has 1 aliphatic rings. The zero-order chi connectivity index (χ0) is 20.0. The molecule has 0 bridgehead atoms. The number of benzene rings is 2. The van der Waals surface area contributed by atoms with Gasteiger partial charge in [-0.25, -0.2) is 13.1 Å². The van der Waals surface area contributed by atoms with Gasteiger partial charge in [-0.15, -0.1) is 0 Å². The van der Waals surface area contributed by atoms with Crippen molar-refractivity contribution < 1.29 is 22.7 Å². The lowest BCUT2D eigenvalue weighted by Gasteiger charge is -2.20. The summed E-state index contributed by atoms with van der Waals surface area (Å²) in [5.74, 6) is 1.08. The quantitative estimate of drug-likeness (QED) is 0.692. The number of sulfonamides is 1. The van der Waals surface area contributed by atoms with Crippen molar-refractivity contribution >= 4 is 22.0 Å². The number of para-hydroxylation sites is 1. The van der Waals surface area contributed by atoms with E-state index in [0.717, 1.165) is 11.1 Å². The van der Waals surface area contributed by atoms with Gasteiger partial charge in [0, 0.05) is 24.7 Å². The minimum Gasteiger partial charge on any atom is -0.486 e. The van der Waals surface area contributed by atoms with Gasteiger partial charge < -0.3 is 14.8 Å². The first-order valence-corrected chi connectivity index (χ1v) is 10.4. The summed E-state index contributed by atoms with van der Waals surface area (Å²) in [6.07, 6.45) is 3.03. The molecule has 3 rings (SSSR count). The van der Waals surface area contributed by atoms with Gasteiger partial charge in [0.05, 0.1) is 4.90 Å². The summed E-state index contributed by atoms with van der Waals surface area (Å²) in [5.41, 5.74) is 1.57. The highest BCUT2D eigenvalue weighted by molar-refractivity contribution is 7.89. The van der Waals surface area contributed by atoms with E-state index in [1.54, 1.807) is 25.1 Å². The molecular weight excluding hydrogens is 380 g/mol. The van der Waals surface area contributed by atoms with Crippen molar-refractivity contribution in [2.75, 3.05) is 19.8 Å². The standard InChI is InChI=1S/C20H22N2O5S/c1-2-22-28(24,25)17-9-6-15(7-10-17)8-11-19(23)21-14-16-4-3-5-18-20(16)27-13-12-26-18/h3-11,22H,2,12-14H2,1H3,(H,21,23)/b11-8+. The monoisotopic (exact) mass is 402 g/mol. The minimum atomic E-state index is -3.48. The molecule has 0 saturated carbocycles. The van der Waals surface area contributed by atoms with Gasteiger partial charge >= 0.3 is 0 Å². The number of carbonyl (C=O) groups is 1. The van der Waals surface area contributed by atoms with Gasteiger partial charge in [0.1, 0.15) is 13.2 Å². The SMILES string of the molecule is CCNS(=O)(=O)c1ccc(/C=C/C(=O)NCc2cccc3c2OCCO3)cc1. The second-order valence-corrected chi connectivity index (χ2v) is 7.83. The Hall–Kier alpha value is -2.84. The van der Waals surface area contributed by atoms with E-state index < -0.39 is 10.0 Å². The molecule has 0 unspecified atom stereocenters. The van der Waals surface area contributed by atoms with Crippen molar-refractivity contribution in [2.24, 2.45) is 0 Å². The maximum Gasteiger partial charge on any atom is 0.244 e. The Balaban J connectivity index is 1.59. The second-order valence-electron chi connectivity index (χ2n) is 6.06. The van der Waals surface area contributed by atoms with E-state index in [1.807, 2.05) is 18.2 Å². The van der Waals surface area contributed by atoms with E-state index in [9.17, 15) is 13.2 Å². The smallest absolute Gasteiger partial charge is 0.244 e. The molecule has 0 atom stereocenters. The number of rotatable bonds is 7. The lowest BCUT2D eigenvalue weighted by atomic mass is 10.1. The summed E-state index contributed by atoms with van der Waals surface area (Å²) >= 11 is 0. The van der Waals surface area contributed by atoms with Gasteiger partial charge in [0.25, 0.3) is 0 Å². The van der Waals surface area contributed by atoms with E-state index in [0.29, 0.717) is 37.8 Å². The van der Waals surface area contributed by atoms with Crippen molar-refractivity contribution in [1.29, 1.82) is 0 Å².